The molecule has 1 aliphatic heterocycles. The smallest absolute Gasteiger partial charge is 0.122 e. The number of nitriles is 1. The summed E-state index contributed by atoms with van der Waals surface area (Å²) in [6.45, 7) is 1.38. The Morgan fingerprint density at radius 1 is 1.30 bits per heavy atom. The number of nitrogens with one attached hydrogen (secondary N) is 1. The molecule has 0 fully saturated rings. The number of nitrogens with zero attached hydrogens (tertiary/aromatic N) is 1. The van der Waals surface area contributed by atoms with Gasteiger partial charge in [-0.05, 0) is 24.3 Å². The summed E-state index contributed by atoms with van der Waals surface area (Å²) >= 11 is 5.98. The Labute approximate surface area is 122 Å². The standard InChI is InChI=1S/C16H13ClN2O/c17-13-6-5-11(8-18)15(7-13)19-9-12-10-20-16-4-2-1-3-14(12)16/h1-7,12,19H,9-10H2. The summed E-state index contributed by atoms with van der Waals surface area (Å²) in [5, 5.41) is 13.0. The molecule has 0 saturated carbocycles. The second-order valence-electron chi connectivity index (χ2n) is 4.73. The zero-order chi connectivity index (χ0) is 13.9. The zero-order valence-electron chi connectivity index (χ0n) is 10.8. The first kappa shape index (κ1) is 12.8. The van der Waals surface area contributed by atoms with Crippen LogP contribution in [0.4, 0.5) is 5.69 Å². The molecule has 0 aromatic heterocycles. The molecule has 1 heterocycles. The first-order chi connectivity index (χ1) is 9.78. The lowest BCUT2D eigenvalue weighted by atomic mass is 10.0. The lowest BCUT2D eigenvalue weighted by molar-refractivity contribution is 0.334. The molecule has 20 heavy (non-hydrogen) atoms. The van der Waals surface area contributed by atoms with Gasteiger partial charge in [-0.1, -0.05) is 29.8 Å². The van der Waals surface area contributed by atoms with Crippen LogP contribution in [-0.2, 0) is 0 Å². The second kappa shape index (κ2) is 5.44. The van der Waals surface area contributed by atoms with Crippen molar-refractivity contribution in [2.24, 2.45) is 0 Å². The zero-order valence-corrected chi connectivity index (χ0v) is 11.5. The highest BCUT2D eigenvalue weighted by Gasteiger charge is 2.23. The van der Waals surface area contributed by atoms with E-state index in [1.54, 1.807) is 18.2 Å². The van der Waals surface area contributed by atoms with E-state index in [1.165, 1.54) is 5.56 Å². The molecular weight excluding hydrogens is 272 g/mol. The number of benzene rings is 2. The number of halogens is 1. The summed E-state index contributed by atoms with van der Waals surface area (Å²) in [5.74, 6) is 1.24. The van der Waals surface area contributed by atoms with Crippen molar-refractivity contribution in [2.75, 3.05) is 18.5 Å². The van der Waals surface area contributed by atoms with Gasteiger partial charge in [0.2, 0.25) is 0 Å². The van der Waals surface area contributed by atoms with Crippen molar-refractivity contribution in [1.29, 1.82) is 5.26 Å². The quantitative estimate of drug-likeness (QED) is 0.932. The summed E-state index contributed by atoms with van der Waals surface area (Å²) in [4.78, 5) is 0. The van der Waals surface area contributed by atoms with Crippen molar-refractivity contribution in [3.05, 3.63) is 58.6 Å². The second-order valence-corrected chi connectivity index (χ2v) is 5.16. The molecule has 3 nitrogen and oxygen atoms in total. The van der Waals surface area contributed by atoms with Gasteiger partial charge in [-0.3, -0.25) is 0 Å². The molecule has 0 saturated heterocycles. The predicted molar refractivity (Wildman–Crippen MR) is 79.3 cm³/mol. The number of rotatable bonds is 3. The van der Waals surface area contributed by atoms with Gasteiger partial charge in [0.25, 0.3) is 0 Å². The van der Waals surface area contributed by atoms with Gasteiger partial charge in [0.15, 0.2) is 0 Å². The molecule has 1 unspecified atom stereocenters. The molecule has 3 rings (SSSR count). The highest BCUT2D eigenvalue weighted by molar-refractivity contribution is 6.30. The first-order valence-electron chi connectivity index (χ1n) is 6.43. The monoisotopic (exact) mass is 284 g/mol. The van der Waals surface area contributed by atoms with Crippen molar-refractivity contribution in [3.63, 3.8) is 0 Å². The van der Waals surface area contributed by atoms with Crippen LogP contribution in [0.1, 0.15) is 17.0 Å². The van der Waals surface area contributed by atoms with Crippen molar-refractivity contribution >= 4 is 17.3 Å². The fourth-order valence-electron chi connectivity index (χ4n) is 2.39. The maximum absolute atomic E-state index is 9.10. The van der Waals surface area contributed by atoms with E-state index in [2.05, 4.69) is 17.5 Å². The summed E-state index contributed by atoms with van der Waals surface area (Å²) in [5.41, 5.74) is 2.58. The molecule has 100 valence electrons. The van der Waals surface area contributed by atoms with Crippen LogP contribution in [0.15, 0.2) is 42.5 Å². The molecule has 0 spiro atoms. The summed E-state index contributed by atoms with van der Waals surface area (Å²) in [7, 11) is 0. The topological polar surface area (TPSA) is 45.0 Å². The average molecular weight is 285 g/mol. The van der Waals surface area contributed by atoms with E-state index in [0.29, 0.717) is 23.7 Å². The maximum atomic E-state index is 9.10. The Morgan fingerprint density at radius 2 is 2.15 bits per heavy atom. The van der Waals surface area contributed by atoms with Gasteiger partial charge < -0.3 is 10.1 Å². The van der Waals surface area contributed by atoms with Gasteiger partial charge in [-0.15, -0.1) is 0 Å². The van der Waals surface area contributed by atoms with Crippen molar-refractivity contribution in [3.8, 4) is 11.8 Å². The number of hydrogen-bond acceptors (Lipinski definition) is 3. The fraction of sp³-hybridized carbons (Fsp3) is 0.188. The van der Waals surface area contributed by atoms with Crippen molar-refractivity contribution in [1.82, 2.24) is 0 Å². The molecule has 1 atom stereocenters. The molecule has 2 aromatic rings. The van der Waals surface area contributed by atoms with Crippen LogP contribution in [0.5, 0.6) is 5.75 Å². The minimum Gasteiger partial charge on any atom is -0.493 e. The van der Waals surface area contributed by atoms with Crippen molar-refractivity contribution in [2.45, 2.75) is 5.92 Å². The lowest BCUT2D eigenvalue weighted by Gasteiger charge is -2.13. The molecule has 0 amide bonds. The summed E-state index contributed by atoms with van der Waals surface area (Å²) in [6, 6.07) is 15.4. The van der Waals surface area contributed by atoms with Crippen LogP contribution in [0.25, 0.3) is 0 Å². The van der Waals surface area contributed by atoms with E-state index in [-0.39, 0.29) is 5.92 Å². The Balaban J connectivity index is 1.76. The molecular formula is C16H13ClN2O. The Bertz CT molecular complexity index is 678. The summed E-state index contributed by atoms with van der Waals surface area (Å²) in [6.07, 6.45) is 0. The largest absolute Gasteiger partial charge is 0.493 e. The Morgan fingerprint density at radius 3 is 3.00 bits per heavy atom. The minimum atomic E-state index is 0.289. The molecule has 4 heteroatoms. The van der Waals surface area contributed by atoms with Crippen LogP contribution in [0, 0.1) is 11.3 Å². The average Bonchev–Trinajstić information content (AvgIpc) is 2.88. The van der Waals surface area contributed by atoms with Crippen LogP contribution in [-0.4, -0.2) is 13.2 Å². The molecule has 1 aliphatic rings. The Hall–Kier alpha value is -2.18. The van der Waals surface area contributed by atoms with Gasteiger partial charge >= 0.3 is 0 Å². The number of ether oxygens (including phenoxy) is 1. The normalized spacial score (nSPS) is 16.1. The summed E-state index contributed by atoms with van der Waals surface area (Å²) < 4.78 is 5.65. The van der Waals surface area contributed by atoms with Gasteiger partial charge in [-0.25, -0.2) is 0 Å². The maximum Gasteiger partial charge on any atom is 0.122 e. The van der Waals surface area contributed by atoms with E-state index in [4.69, 9.17) is 21.6 Å². The predicted octanol–water partition coefficient (Wildman–Crippen LogP) is 3.80. The van der Waals surface area contributed by atoms with Gasteiger partial charge in [0, 0.05) is 23.0 Å². The fourth-order valence-corrected chi connectivity index (χ4v) is 2.56. The lowest BCUT2D eigenvalue weighted by Crippen LogP contribution is -2.14. The molecule has 0 aliphatic carbocycles. The first-order valence-corrected chi connectivity index (χ1v) is 6.81. The highest BCUT2D eigenvalue weighted by Crippen LogP contribution is 2.33. The molecule has 0 radical (unpaired) electrons. The van der Waals surface area contributed by atoms with Gasteiger partial charge in [-0.2, -0.15) is 5.26 Å². The molecule has 2 aromatic carbocycles. The molecule has 1 N–H and O–H groups in total. The van der Waals surface area contributed by atoms with E-state index >= 15 is 0 Å². The SMILES string of the molecule is N#Cc1ccc(Cl)cc1NCC1COc2ccccc21. The number of anilines is 1. The van der Waals surface area contributed by atoms with E-state index in [1.807, 2.05) is 18.2 Å². The van der Waals surface area contributed by atoms with Gasteiger partial charge in [0.05, 0.1) is 17.9 Å². The number of hydrogen-bond donors (Lipinski definition) is 1. The third-order valence-electron chi connectivity index (χ3n) is 3.44. The van der Waals surface area contributed by atoms with E-state index in [0.717, 1.165) is 11.4 Å². The third-order valence-corrected chi connectivity index (χ3v) is 3.67. The van der Waals surface area contributed by atoms with E-state index < -0.39 is 0 Å². The van der Waals surface area contributed by atoms with E-state index in [9.17, 15) is 0 Å². The molecule has 0 bridgehead atoms. The highest BCUT2D eigenvalue weighted by atomic mass is 35.5. The van der Waals surface area contributed by atoms with Crippen LogP contribution >= 0.6 is 11.6 Å². The minimum absolute atomic E-state index is 0.289. The third kappa shape index (κ3) is 2.43. The van der Waals surface area contributed by atoms with Gasteiger partial charge in [0.1, 0.15) is 11.8 Å². The number of para-hydroxylation sites is 1. The Kier molecular flexibility index (Phi) is 3.49. The van der Waals surface area contributed by atoms with Crippen molar-refractivity contribution < 1.29 is 4.74 Å². The van der Waals surface area contributed by atoms with Crippen LogP contribution < -0.4 is 10.1 Å². The number of fused-ring (bicyclic) bond motifs is 1. The van der Waals surface area contributed by atoms with Crippen LogP contribution in [0.3, 0.4) is 0 Å². The van der Waals surface area contributed by atoms with Crippen LogP contribution in [0.2, 0.25) is 5.02 Å².